The minimum Gasteiger partial charge on any atom is -0.339 e. The molecule has 3 heterocycles. The second kappa shape index (κ2) is 6.12. The van der Waals surface area contributed by atoms with Crippen molar-refractivity contribution in [3.8, 4) is 23.0 Å². The number of aromatic nitrogens is 4. The SMILES string of the molecule is Cc1ccc(Cn2cccc2-c2nc(-c3ccncc3)no2)cc1. The van der Waals surface area contributed by atoms with Crippen LogP contribution in [0.3, 0.4) is 0 Å². The van der Waals surface area contributed by atoms with Crippen molar-refractivity contribution >= 4 is 0 Å². The normalized spacial score (nSPS) is 10.9. The second-order valence-electron chi connectivity index (χ2n) is 5.67. The first kappa shape index (κ1) is 14.4. The quantitative estimate of drug-likeness (QED) is 0.572. The van der Waals surface area contributed by atoms with Gasteiger partial charge in [-0.05, 0) is 36.8 Å². The Labute approximate surface area is 139 Å². The summed E-state index contributed by atoms with van der Waals surface area (Å²) in [7, 11) is 0. The lowest BCUT2D eigenvalue weighted by Crippen LogP contribution is -2.00. The van der Waals surface area contributed by atoms with Gasteiger partial charge in [0, 0.05) is 30.7 Å². The Morgan fingerprint density at radius 2 is 1.79 bits per heavy atom. The molecule has 0 amide bonds. The molecule has 0 aliphatic rings. The van der Waals surface area contributed by atoms with Crippen molar-refractivity contribution in [3.63, 3.8) is 0 Å². The molecule has 5 nitrogen and oxygen atoms in total. The Morgan fingerprint density at radius 1 is 1.00 bits per heavy atom. The zero-order valence-corrected chi connectivity index (χ0v) is 13.3. The van der Waals surface area contributed by atoms with E-state index in [1.165, 1.54) is 11.1 Å². The van der Waals surface area contributed by atoms with E-state index in [9.17, 15) is 0 Å². The lowest BCUT2D eigenvalue weighted by Gasteiger charge is -2.07. The highest BCUT2D eigenvalue weighted by atomic mass is 16.5. The van der Waals surface area contributed by atoms with Crippen LogP contribution >= 0.6 is 0 Å². The van der Waals surface area contributed by atoms with Gasteiger partial charge in [-0.3, -0.25) is 4.98 Å². The number of nitrogens with zero attached hydrogens (tertiary/aromatic N) is 4. The maximum absolute atomic E-state index is 5.46. The molecule has 0 N–H and O–H groups in total. The summed E-state index contributed by atoms with van der Waals surface area (Å²) in [6.45, 7) is 2.85. The van der Waals surface area contributed by atoms with Crippen molar-refractivity contribution in [1.29, 1.82) is 0 Å². The molecule has 0 saturated carbocycles. The first-order valence-electron chi connectivity index (χ1n) is 7.75. The first-order chi connectivity index (χ1) is 11.8. The van der Waals surface area contributed by atoms with Crippen molar-refractivity contribution in [1.82, 2.24) is 19.7 Å². The Kier molecular flexibility index (Phi) is 3.67. The third-order valence-electron chi connectivity index (χ3n) is 3.89. The summed E-state index contributed by atoms with van der Waals surface area (Å²) in [5.41, 5.74) is 4.28. The molecule has 0 atom stereocenters. The summed E-state index contributed by atoms with van der Waals surface area (Å²) < 4.78 is 7.56. The van der Waals surface area contributed by atoms with Crippen LogP contribution in [0, 0.1) is 6.92 Å². The van der Waals surface area contributed by atoms with E-state index in [4.69, 9.17) is 4.52 Å². The molecule has 0 radical (unpaired) electrons. The lowest BCUT2D eigenvalue weighted by atomic mass is 10.1. The maximum Gasteiger partial charge on any atom is 0.274 e. The molecule has 24 heavy (non-hydrogen) atoms. The molecule has 4 aromatic rings. The Balaban J connectivity index is 1.63. The summed E-state index contributed by atoms with van der Waals surface area (Å²) in [6, 6.07) is 16.2. The van der Waals surface area contributed by atoms with E-state index in [2.05, 4.69) is 50.9 Å². The highest BCUT2D eigenvalue weighted by Gasteiger charge is 2.14. The van der Waals surface area contributed by atoms with Crippen LogP contribution < -0.4 is 0 Å². The van der Waals surface area contributed by atoms with Crippen molar-refractivity contribution < 1.29 is 4.52 Å². The van der Waals surface area contributed by atoms with E-state index in [1.54, 1.807) is 12.4 Å². The topological polar surface area (TPSA) is 56.7 Å². The lowest BCUT2D eigenvalue weighted by molar-refractivity contribution is 0.429. The summed E-state index contributed by atoms with van der Waals surface area (Å²) in [6.07, 6.45) is 5.45. The van der Waals surface area contributed by atoms with Gasteiger partial charge in [0.05, 0.1) is 0 Å². The molecule has 4 rings (SSSR count). The van der Waals surface area contributed by atoms with Crippen LogP contribution in [0.4, 0.5) is 0 Å². The molecule has 1 aromatic carbocycles. The Bertz CT molecular complexity index is 939. The van der Waals surface area contributed by atoms with Crippen LogP contribution in [0.2, 0.25) is 0 Å². The second-order valence-corrected chi connectivity index (χ2v) is 5.67. The van der Waals surface area contributed by atoms with E-state index in [0.717, 1.165) is 17.8 Å². The van der Waals surface area contributed by atoms with E-state index in [0.29, 0.717) is 11.7 Å². The van der Waals surface area contributed by atoms with Gasteiger partial charge in [0.25, 0.3) is 5.89 Å². The van der Waals surface area contributed by atoms with Crippen LogP contribution in [-0.4, -0.2) is 19.7 Å². The number of aryl methyl sites for hydroxylation is 1. The molecular formula is C19H16N4O. The molecule has 0 unspecified atom stereocenters. The fourth-order valence-electron chi connectivity index (χ4n) is 2.58. The minimum absolute atomic E-state index is 0.513. The van der Waals surface area contributed by atoms with Gasteiger partial charge in [-0.25, -0.2) is 0 Å². The summed E-state index contributed by atoms with van der Waals surface area (Å²) in [5, 5.41) is 4.07. The monoisotopic (exact) mass is 316 g/mol. The fraction of sp³-hybridized carbons (Fsp3) is 0.105. The minimum atomic E-state index is 0.513. The van der Waals surface area contributed by atoms with Gasteiger partial charge >= 0.3 is 0 Å². The standard InChI is InChI=1S/C19H16N4O/c1-14-4-6-15(7-5-14)13-23-12-2-3-17(23)19-21-18(22-24-19)16-8-10-20-11-9-16/h2-12H,13H2,1H3. The molecule has 118 valence electrons. The highest BCUT2D eigenvalue weighted by Crippen LogP contribution is 2.23. The van der Waals surface area contributed by atoms with E-state index in [-0.39, 0.29) is 0 Å². The van der Waals surface area contributed by atoms with Gasteiger partial charge in [0.15, 0.2) is 0 Å². The van der Waals surface area contributed by atoms with Gasteiger partial charge in [-0.2, -0.15) is 4.98 Å². The Hall–Kier alpha value is -3.21. The van der Waals surface area contributed by atoms with Crippen molar-refractivity contribution in [2.45, 2.75) is 13.5 Å². The van der Waals surface area contributed by atoms with Crippen LogP contribution in [0.15, 0.2) is 71.6 Å². The van der Waals surface area contributed by atoms with Crippen molar-refractivity contribution in [3.05, 3.63) is 78.2 Å². The average Bonchev–Trinajstić information content (AvgIpc) is 3.27. The third kappa shape index (κ3) is 2.84. The fourth-order valence-corrected chi connectivity index (χ4v) is 2.58. The summed E-state index contributed by atoms with van der Waals surface area (Å²) >= 11 is 0. The smallest absolute Gasteiger partial charge is 0.274 e. The van der Waals surface area contributed by atoms with Gasteiger partial charge in [0.1, 0.15) is 5.69 Å². The van der Waals surface area contributed by atoms with E-state index in [1.807, 2.05) is 30.5 Å². The maximum atomic E-state index is 5.46. The number of hydrogen-bond donors (Lipinski definition) is 0. The molecule has 5 heteroatoms. The number of benzene rings is 1. The molecule has 0 fully saturated rings. The van der Waals surface area contributed by atoms with Gasteiger partial charge in [-0.1, -0.05) is 35.0 Å². The van der Waals surface area contributed by atoms with Gasteiger partial charge in [0.2, 0.25) is 5.82 Å². The predicted molar refractivity (Wildman–Crippen MR) is 91.2 cm³/mol. The molecule has 0 aliphatic heterocycles. The average molecular weight is 316 g/mol. The number of pyridine rings is 1. The molecule has 0 aliphatic carbocycles. The largest absolute Gasteiger partial charge is 0.339 e. The van der Waals surface area contributed by atoms with Crippen LogP contribution in [0.5, 0.6) is 0 Å². The van der Waals surface area contributed by atoms with Crippen LogP contribution in [0.25, 0.3) is 23.0 Å². The van der Waals surface area contributed by atoms with Gasteiger partial charge in [-0.15, -0.1) is 0 Å². The first-order valence-corrected chi connectivity index (χ1v) is 7.75. The molecule has 3 aromatic heterocycles. The molecular weight excluding hydrogens is 300 g/mol. The van der Waals surface area contributed by atoms with Crippen LogP contribution in [0.1, 0.15) is 11.1 Å². The highest BCUT2D eigenvalue weighted by molar-refractivity contribution is 5.57. The number of rotatable bonds is 4. The molecule has 0 spiro atoms. The predicted octanol–water partition coefficient (Wildman–Crippen LogP) is 3.96. The molecule has 0 saturated heterocycles. The van der Waals surface area contributed by atoms with Crippen molar-refractivity contribution in [2.24, 2.45) is 0 Å². The summed E-state index contributed by atoms with van der Waals surface area (Å²) in [5.74, 6) is 1.08. The Morgan fingerprint density at radius 3 is 2.58 bits per heavy atom. The van der Waals surface area contributed by atoms with Gasteiger partial charge < -0.3 is 9.09 Å². The third-order valence-corrected chi connectivity index (χ3v) is 3.89. The van der Waals surface area contributed by atoms with E-state index >= 15 is 0 Å². The van der Waals surface area contributed by atoms with Crippen LogP contribution in [-0.2, 0) is 6.54 Å². The molecule has 0 bridgehead atoms. The zero-order valence-electron chi connectivity index (χ0n) is 13.3. The van der Waals surface area contributed by atoms with Crippen molar-refractivity contribution in [2.75, 3.05) is 0 Å². The van der Waals surface area contributed by atoms with E-state index < -0.39 is 0 Å². The summed E-state index contributed by atoms with van der Waals surface area (Å²) in [4.78, 5) is 8.52. The zero-order chi connectivity index (χ0) is 16.4. The number of hydrogen-bond acceptors (Lipinski definition) is 4.